The van der Waals surface area contributed by atoms with Crippen molar-refractivity contribution in [3.8, 4) is 11.5 Å². The van der Waals surface area contributed by atoms with Crippen molar-refractivity contribution in [3.63, 3.8) is 0 Å². The number of ether oxygens (including phenoxy) is 1. The van der Waals surface area contributed by atoms with Gasteiger partial charge < -0.3 is 14.9 Å². The summed E-state index contributed by atoms with van der Waals surface area (Å²) in [5.41, 5.74) is 2.24. The SMILES string of the molecule is C=CCN1CC[C@]23c4c5ccc(O)c4O[C@H]2[C@H](N(Cc2ccccc2)CC(C)C)CC[C@@]3(O)[C@H]1C5. The van der Waals surface area contributed by atoms with Crippen LogP contribution in [0.2, 0.25) is 0 Å². The summed E-state index contributed by atoms with van der Waals surface area (Å²) in [6, 6.07) is 14.7. The Bertz CT molecular complexity index is 1120. The second-order valence-corrected chi connectivity index (χ2v) is 11.6. The average Bonchev–Trinajstić information content (AvgIpc) is 3.18. The molecule has 5 nitrogen and oxygen atoms in total. The summed E-state index contributed by atoms with van der Waals surface area (Å²) in [5.74, 6) is 1.34. The van der Waals surface area contributed by atoms with Crippen LogP contribution in [0.15, 0.2) is 55.1 Å². The van der Waals surface area contributed by atoms with E-state index in [4.69, 9.17) is 4.74 Å². The number of piperidine rings is 1. The van der Waals surface area contributed by atoms with Gasteiger partial charge in [-0.15, -0.1) is 6.58 Å². The van der Waals surface area contributed by atoms with E-state index in [0.29, 0.717) is 11.7 Å². The number of hydrogen-bond donors (Lipinski definition) is 2. The fourth-order valence-electron chi connectivity index (χ4n) is 7.97. The van der Waals surface area contributed by atoms with Crippen molar-refractivity contribution < 1.29 is 14.9 Å². The minimum absolute atomic E-state index is 0.0389. The molecule has 0 radical (unpaired) electrons. The molecule has 5 heteroatoms. The molecule has 186 valence electrons. The highest BCUT2D eigenvalue weighted by molar-refractivity contribution is 5.62. The van der Waals surface area contributed by atoms with E-state index in [-0.39, 0.29) is 23.9 Å². The maximum Gasteiger partial charge on any atom is 0.165 e. The lowest BCUT2D eigenvalue weighted by molar-refractivity contribution is -0.199. The van der Waals surface area contributed by atoms with E-state index in [9.17, 15) is 10.2 Å². The van der Waals surface area contributed by atoms with Crippen molar-refractivity contribution in [1.29, 1.82) is 0 Å². The van der Waals surface area contributed by atoms with Crippen LogP contribution in [0.25, 0.3) is 0 Å². The van der Waals surface area contributed by atoms with Gasteiger partial charge in [-0.1, -0.05) is 56.3 Å². The molecule has 2 aromatic carbocycles. The van der Waals surface area contributed by atoms with E-state index in [1.165, 1.54) is 11.1 Å². The quantitative estimate of drug-likeness (QED) is 0.588. The van der Waals surface area contributed by atoms with Gasteiger partial charge in [-0.25, -0.2) is 0 Å². The zero-order chi connectivity index (χ0) is 24.4. The van der Waals surface area contributed by atoms with Gasteiger partial charge >= 0.3 is 0 Å². The molecule has 2 fully saturated rings. The number of likely N-dealkylation sites (tertiary alicyclic amines) is 1. The number of aliphatic hydroxyl groups is 1. The number of hydrogen-bond acceptors (Lipinski definition) is 5. The van der Waals surface area contributed by atoms with Gasteiger partial charge in [0.2, 0.25) is 0 Å². The molecule has 2 N–H and O–H groups in total. The first-order chi connectivity index (χ1) is 16.9. The van der Waals surface area contributed by atoms with Crippen LogP contribution in [0.5, 0.6) is 11.5 Å². The third-order valence-electron chi connectivity index (χ3n) is 9.20. The predicted molar refractivity (Wildman–Crippen MR) is 138 cm³/mol. The van der Waals surface area contributed by atoms with Gasteiger partial charge in [-0.3, -0.25) is 9.80 Å². The van der Waals surface area contributed by atoms with E-state index in [0.717, 1.165) is 57.4 Å². The smallest absolute Gasteiger partial charge is 0.165 e. The third kappa shape index (κ3) is 3.24. The van der Waals surface area contributed by atoms with Crippen LogP contribution in [0, 0.1) is 5.92 Å². The van der Waals surface area contributed by atoms with Crippen LogP contribution < -0.4 is 4.74 Å². The Balaban J connectivity index is 1.46. The molecule has 6 rings (SSSR count). The first kappa shape index (κ1) is 23.1. The first-order valence-corrected chi connectivity index (χ1v) is 13.3. The van der Waals surface area contributed by atoms with Gasteiger partial charge in [-0.2, -0.15) is 0 Å². The van der Waals surface area contributed by atoms with E-state index < -0.39 is 11.0 Å². The fourth-order valence-corrected chi connectivity index (χ4v) is 7.97. The van der Waals surface area contributed by atoms with Crippen molar-refractivity contribution in [3.05, 3.63) is 71.8 Å². The molecule has 2 aliphatic heterocycles. The van der Waals surface area contributed by atoms with Gasteiger partial charge in [0.05, 0.1) is 11.0 Å². The highest BCUT2D eigenvalue weighted by Crippen LogP contribution is 2.65. The second kappa shape index (κ2) is 8.36. The lowest BCUT2D eigenvalue weighted by Gasteiger charge is -2.65. The summed E-state index contributed by atoms with van der Waals surface area (Å²) in [7, 11) is 0. The van der Waals surface area contributed by atoms with Crippen molar-refractivity contribution in [2.45, 2.75) is 75.3 Å². The molecular formula is C30H38N2O3. The van der Waals surface area contributed by atoms with Crippen molar-refractivity contribution in [1.82, 2.24) is 9.80 Å². The Labute approximate surface area is 209 Å². The summed E-state index contributed by atoms with van der Waals surface area (Å²) < 4.78 is 6.79. The Hall–Kier alpha value is -2.34. The molecule has 5 atom stereocenters. The predicted octanol–water partition coefficient (Wildman–Crippen LogP) is 4.26. The Morgan fingerprint density at radius 1 is 1.20 bits per heavy atom. The highest BCUT2D eigenvalue weighted by atomic mass is 16.5. The molecule has 0 amide bonds. The molecule has 2 bridgehead atoms. The van der Waals surface area contributed by atoms with Crippen molar-refractivity contribution in [2.75, 3.05) is 19.6 Å². The van der Waals surface area contributed by atoms with Gasteiger partial charge in [0.1, 0.15) is 6.10 Å². The summed E-state index contributed by atoms with van der Waals surface area (Å²) in [5, 5.41) is 23.5. The molecule has 0 aromatic heterocycles. The molecule has 2 heterocycles. The molecule has 1 spiro atoms. The molecule has 4 aliphatic rings. The highest BCUT2D eigenvalue weighted by Gasteiger charge is 2.73. The largest absolute Gasteiger partial charge is 0.504 e. The molecule has 0 unspecified atom stereocenters. The Morgan fingerprint density at radius 3 is 2.74 bits per heavy atom. The third-order valence-corrected chi connectivity index (χ3v) is 9.20. The standard InChI is InChI=1S/C30H38N2O3/c1-4-15-31-16-14-29-26-22-10-11-24(33)27(26)35-28(29)23(12-13-30(29,34)25(31)17-22)32(18-20(2)3)19-21-8-6-5-7-9-21/h4-11,20,23,25,28,33-34H,1,12-19H2,2-3H3/t23-,25-,28+,29+,30-/m1/s1. The minimum atomic E-state index is -0.877. The van der Waals surface area contributed by atoms with Crippen LogP contribution >= 0.6 is 0 Å². The summed E-state index contributed by atoms with van der Waals surface area (Å²) in [4.78, 5) is 5.00. The Morgan fingerprint density at radius 2 is 2.00 bits per heavy atom. The van der Waals surface area contributed by atoms with Crippen LogP contribution in [-0.2, 0) is 18.4 Å². The van der Waals surface area contributed by atoms with E-state index in [2.05, 4.69) is 66.6 Å². The second-order valence-electron chi connectivity index (χ2n) is 11.6. The number of phenols is 1. The van der Waals surface area contributed by atoms with Gasteiger partial charge in [0, 0.05) is 37.3 Å². The lowest BCUT2D eigenvalue weighted by Crippen LogP contribution is -2.78. The molecular weight excluding hydrogens is 436 g/mol. The first-order valence-electron chi connectivity index (χ1n) is 13.3. The summed E-state index contributed by atoms with van der Waals surface area (Å²) in [6.45, 7) is 12.0. The van der Waals surface area contributed by atoms with Crippen LogP contribution in [0.3, 0.4) is 0 Å². The molecule has 2 aliphatic carbocycles. The van der Waals surface area contributed by atoms with Gasteiger partial charge in [-0.05, 0) is 55.3 Å². The minimum Gasteiger partial charge on any atom is -0.504 e. The zero-order valence-electron chi connectivity index (χ0n) is 21.0. The maximum atomic E-state index is 12.6. The Kier molecular flexibility index (Phi) is 5.51. The normalized spacial score (nSPS) is 33.0. The number of aromatic hydroxyl groups is 1. The summed E-state index contributed by atoms with van der Waals surface area (Å²) in [6.07, 6.45) is 5.02. The van der Waals surface area contributed by atoms with Crippen molar-refractivity contribution in [2.24, 2.45) is 5.92 Å². The van der Waals surface area contributed by atoms with E-state index in [1.807, 2.05) is 6.08 Å². The molecule has 2 aromatic rings. The molecule has 35 heavy (non-hydrogen) atoms. The fraction of sp³-hybridized carbons (Fsp3) is 0.533. The topological polar surface area (TPSA) is 56.2 Å². The number of phenolic OH excluding ortho intramolecular Hbond substituents is 1. The van der Waals surface area contributed by atoms with Gasteiger partial charge in [0.25, 0.3) is 0 Å². The van der Waals surface area contributed by atoms with E-state index in [1.54, 1.807) is 6.07 Å². The number of rotatable bonds is 7. The number of nitrogens with zero attached hydrogens (tertiary/aromatic N) is 2. The molecule has 1 saturated heterocycles. The molecule has 1 saturated carbocycles. The monoisotopic (exact) mass is 474 g/mol. The average molecular weight is 475 g/mol. The maximum absolute atomic E-state index is 12.6. The van der Waals surface area contributed by atoms with Gasteiger partial charge in [0.15, 0.2) is 11.5 Å². The van der Waals surface area contributed by atoms with Crippen LogP contribution in [-0.4, -0.2) is 63.4 Å². The summed E-state index contributed by atoms with van der Waals surface area (Å²) >= 11 is 0. The van der Waals surface area contributed by atoms with Crippen LogP contribution in [0.4, 0.5) is 0 Å². The van der Waals surface area contributed by atoms with Crippen molar-refractivity contribution >= 4 is 0 Å². The van der Waals surface area contributed by atoms with Crippen LogP contribution in [0.1, 0.15) is 49.8 Å². The van der Waals surface area contributed by atoms with E-state index >= 15 is 0 Å². The zero-order valence-corrected chi connectivity index (χ0v) is 21.0. The number of benzene rings is 2. The lowest BCUT2D eigenvalue weighted by atomic mass is 9.48.